The van der Waals surface area contributed by atoms with Crippen molar-refractivity contribution < 1.29 is 19.2 Å². The number of amides is 2. The molecule has 5 aliphatic rings. The van der Waals surface area contributed by atoms with Gasteiger partial charge in [-0.1, -0.05) is 61.5 Å². The molecule has 4 atom stereocenters. The maximum Gasteiger partial charge on any atom is 0.268 e. The Morgan fingerprint density at radius 1 is 0.854 bits per heavy atom. The van der Waals surface area contributed by atoms with Crippen LogP contribution < -0.4 is 0 Å². The molecule has 3 aromatic rings. The molecule has 3 fully saturated rings. The van der Waals surface area contributed by atoms with Gasteiger partial charge in [0.2, 0.25) is 0 Å². The number of fused-ring (bicyclic) bond motifs is 4. The maximum absolute atomic E-state index is 13.8. The van der Waals surface area contributed by atoms with E-state index < -0.39 is 5.41 Å². The predicted octanol–water partition coefficient (Wildman–Crippen LogP) is 5.54. The quantitative estimate of drug-likeness (QED) is 0.396. The lowest BCUT2D eigenvalue weighted by Crippen LogP contribution is -2.35. The van der Waals surface area contributed by atoms with Crippen LogP contribution in [0.5, 0.6) is 0 Å². The second-order valence-corrected chi connectivity index (χ2v) is 12.7. The van der Waals surface area contributed by atoms with Gasteiger partial charge in [0.15, 0.2) is 11.6 Å². The SMILES string of the molecule is C=C[C@]12CCN(C(=O)c3ccc(C(=O)N4C[C@H]5[C@@H](C)[C@@]56C4=CC(=O)c4ccccc46)s3)C1=CC(=O)c1ccccc12. The first-order valence-corrected chi connectivity index (χ1v) is 14.7. The van der Waals surface area contributed by atoms with Crippen molar-refractivity contribution >= 4 is 34.7 Å². The summed E-state index contributed by atoms with van der Waals surface area (Å²) in [7, 11) is 0. The molecule has 3 heterocycles. The Morgan fingerprint density at radius 2 is 1.44 bits per heavy atom. The number of nitrogens with zero attached hydrogens (tertiary/aromatic N) is 2. The zero-order chi connectivity index (χ0) is 28.3. The molecule has 1 spiro atoms. The zero-order valence-electron chi connectivity index (χ0n) is 22.4. The van der Waals surface area contributed by atoms with Crippen molar-refractivity contribution in [3.05, 3.63) is 129 Å². The summed E-state index contributed by atoms with van der Waals surface area (Å²) in [5, 5.41) is 0. The molecule has 2 amide bonds. The summed E-state index contributed by atoms with van der Waals surface area (Å²) in [6.07, 6.45) is 5.69. The standard InChI is InChI=1S/C34H26N2O4S/c1-3-33-14-15-35(29(33)16-25(37)20-8-4-6-10-22(20)33)31(39)27-12-13-28(41-27)32(40)36-18-24-19(2)34(24)23-11-7-5-9-21(23)26(38)17-30(34)36/h3-13,16-17,19,24H,1,14-15,18H2,2H3/t19-,24+,33-,34+/m1/s1. The topological polar surface area (TPSA) is 74.8 Å². The molecule has 41 heavy (non-hydrogen) atoms. The van der Waals surface area contributed by atoms with Crippen LogP contribution in [0.2, 0.25) is 0 Å². The molecule has 1 saturated carbocycles. The number of rotatable bonds is 3. The Balaban J connectivity index is 1.09. The van der Waals surface area contributed by atoms with E-state index in [2.05, 4.69) is 13.5 Å². The van der Waals surface area contributed by atoms with Crippen molar-refractivity contribution in [3.63, 3.8) is 0 Å². The Kier molecular flexibility index (Phi) is 4.83. The number of carbonyl (C=O) groups excluding carboxylic acids is 4. The van der Waals surface area contributed by atoms with E-state index in [0.717, 1.165) is 33.7 Å². The van der Waals surface area contributed by atoms with E-state index in [4.69, 9.17) is 0 Å². The number of ketones is 2. The van der Waals surface area contributed by atoms with Gasteiger partial charge >= 0.3 is 0 Å². The molecule has 2 saturated heterocycles. The third kappa shape index (κ3) is 2.91. The van der Waals surface area contributed by atoms with Gasteiger partial charge in [0, 0.05) is 53.2 Å². The average Bonchev–Trinajstić information content (AvgIpc) is 3.46. The molecule has 0 N–H and O–H groups in total. The Morgan fingerprint density at radius 3 is 2.12 bits per heavy atom. The molecule has 0 unspecified atom stereocenters. The Labute approximate surface area is 241 Å². The van der Waals surface area contributed by atoms with Gasteiger partial charge in [0.05, 0.1) is 15.2 Å². The maximum atomic E-state index is 13.8. The van der Waals surface area contributed by atoms with Crippen molar-refractivity contribution in [3.8, 4) is 0 Å². The smallest absolute Gasteiger partial charge is 0.268 e. The van der Waals surface area contributed by atoms with Gasteiger partial charge in [-0.15, -0.1) is 17.9 Å². The lowest BCUT2D eigenvalue weighted by Gasteiger charge is -2.34. The third-order valence-electron chi connectivity index (χ3n) is 10.1. The van der Waals surface area contributed by atoms with Crippen molar-refractivity contribution in [1.82, 2.24) is 9.80 Å². The number of carbonyl (C=O) groups is 4. The van der Waals surface area contributed by atoms with Crippen molar-refractivity contribution in [2.75, 3.05) is 13.1 Å². The number of hydrogen-bond acceptors (Lipinski definition) is 5. The van der Waals surface area contributed by atoms with E-state index in [-0.39, 0.29) is 34.7 Å². The van der Waals surface area contributed by atoms with Crippen LogP contribution in [0, 0.1) is 11.8 Å². The van der Waals surface area contributed by atoms with Gasteiger partial charge in [-0.3, -0.25) is 19.2 Å². The fourth-order valence-corrected chi connectivity index (χ4v) is 8.94. The van der Waals surface area contributed by atoms with Crippen LogP contribution in [-0.2, 0) is 10.8 Å². The number of likely N-dealkylation sites (tertiary alicyclic amines) is 2. The van der Waals surface area contributed by atoms with E-state index in [1.165, 1.54) is 0 Å². The molecule has 0 radical (unpaired) electrons. The van der Waals surface area contributed by atoms with Crippen LogP contribution >= 0.6 is 11.3 Å². The van der Waals surface area contributed by atoms with Gasteiger partial charge < -0.3 is 9.80 Å². The van der Waals surface area contributed by atoms with Gasteiger partial charge in [-0.25, -0.2) is 0 Å². The molecule has 2 aliphatic heterocycles. The minimum absolute atomic E-state index is 0.0718. The van der Waals surface area contributed by atoms with Crippen LogP contribution in [0.15, 0.2) is 96.9 Å². The number of allylic oxidation sites excluding steroid dienone is 4. The lowest BCUT2D eigenvalue weighted by atomic mass is 9.71. The number of hydrogen-bond donors (Lipinski definition) is 0. The molecule has 2 aromatic carbocycles. The summed E-state index contributed by atoms with van der Waals surface area (Å²) in [6.45, 7) is 7.27. The molecule has 202 valence electrons. The largest absolute Gasteiger partial charge is 0.310 e. The molecule has 6 nitrogen and oxygen atoms in total. The molecular weight excluding hydrogens is 532 g/mol. The highest BCUT2D eigenvalue weighted by atomic mass is 32.1. The number of piperidine rings is 1. The summed E-state index contributed by atoms with van der Waals surface area (Å²) in [4.78, 5) is 57.9. The summed E-state index contributed by atoms with van der Waals surface area (Å²) in [5.74, 6) is 0.00766. The molecular formula is C34H26N2O4S. The van der Waals surface area contributed by atoms with Crippen LogP contribution in [0.25, 0.3) is 0 Å². The normalized spacial score (nSPS) is 28.6. The summed E-state index contributed by atoms with van der Waals surface area (Å²) < 4.78 is 0. The Bertz CT molecular complexity index is 1830. The summed E-state index contributed by atoms with van der Waals surface area (Å²) in [6, 6.07) is 18.6. The highest BCUT2D eigenvalue weighted by Gasteiger charge is 2.72. The Hall–Kier alpha value is -4.36. The van der Waals surface area contributed by atoms with E-state index in [9.17, 15) is 19.2 Å². The van der Waals surface area contributed by atoms with Gasteiger partial charge in [-0.05, 0) is 41.5 Å². The molecule has 7 heteroatoms. The van der Waals surface area contributed by atoms with E-state index in [1.807, 2.05) is 54.6 Å². The average molecular weight is 559 g/mol. The first-order chi connectivity index (χ1) is 19.8. The number of benzene rings is 2. The fourth-order valence-electron chi connectivity index (χ4n) is 8.03. The van der Waals surface area contributed by atoms with Crippen molar-refractivity contribution in [2.45, 2.75) is 24.2 Å². The minimum Gasteiger partial charge on any atom is -0.310 e. The van der Waals surface area contributed by atoms with E-state index in [0.29, 0.717) is 46.4 Å². The van der Waals surface area contributed by atoms with Crippen molar-refractivity contribution in [2.24, 2.45) is 11.8 Å². The molecule has 1 aromatic heterocycles. The second-order valence-electron chi connectivity index (χ2n) is 11.6. The monoisotopic (exact) mass is 558 g/mol. The highest BCUT2D eigenvalue weighted by Crippen LogP contribution is 2.70. The highest BCUT2D eigenvalue weighted by molar-refractivity contribution is 7.16. The molecule has 8 rings (SSSR count). The minimum atomic E-state index is -0.603. The third-order valence-corrected chi connectivity index (χ3v) is 11.1. The van der Waals surface area contributed by atoms with Gasteiger partial charge in [-0.2, -0.15) is 0 Å². The fraction of sp³-hybridized carbons (Fsp3) is 0.235. The molecule has 3 aliphatic carbocycles. The first kappa shape index (κ1) is 24.4. The summed E-state index contributed by atoms with van der Waals surface area (Å²) in [5.41, 5.74) is 3.79. The van der Waals surface area contributed by atoms with Crippen LogP contribution in [0.3, 0.4) is 0 Å². The van der Waals surface area contributed by atoms with Crippen LogP contribution in [-0.4, -0.2) is 46.3 Å². The zero-order valence-corrected chi connectivity index (χ0v) is 23.2. The van der Waals surface area contributed by atoms with Crippen molar-refractivity contribution in [1.29, 1.82) is 0 Å². The van der Waals surface area contributed by atoms with E-state index >= 15 is 0 Å². The summed E-state index contributed by atoms with van der Waals surface area (Å²) >= 11 is 1.16. The van der Waals surface area contributed by atoms with Gasteiger partial charge in [0.1, 0.15) is 0 Å². The second kappa shape index (κ2) is 8.10. The lowest BCUT2D eigenvalue weighted by molar-refractivity contribution is 0.0808. The van der Waals surface area contributed by atoms with Crippen LogP contribution in [0.4, 0.5) is 0 Å². The van der Waals surface area contributed by atoms with E-state index in [1.54, 1.807) is 34.1 Å². The predicted molar refractivity (Wildman–Crippen MR) is 155 cm³/mol. The first-order valence-electron chi connectivity index (χ1n) is 13.9. The molecule has 0 bridgehead atoms. The number of thiophene rings is 1. The van der Waals surface area contributed by atoms with Gasteiger partial charge in [0.25, 0.3) is 11.8 Å². The van der Waals surface area contributed by atoms with Crippen LogP contribution in [0.1, 0.15) is 64.5 Å².